The first-order valence-corrected chi connectivity index (χ1v) is 5.56. The van der Waals surface area contributed by atoms with Gasteiger partial charge >= 0.3 is 0 Å². The monoisotopic (exact) mass is 257 g/mol. The van der Waals surface area contributed by atoms with Crippen molar-refractivity contribution in [3.63, 3.8) is 0 Å². The summed E-state index contributed by atoms with van der Waals surface area (Å²) < 4.78 is 6.61. The Balaban J connectivity index is 2.33. The fourth-order valence-corrected chi connectivity index (χ4v) is 1.92. The third-order valence-electron chi connectivity index (χ3n) is 2.79. The van der Waals surface area contributed by atoms with Crippen LogP contribution in [0.1, 0.15) is 0 Å². The number of ether oxygens (including phenoxy) is 1. The summed E-state index contributed by atoms with van der Waals surface area (Å²) in [5.74, 6) is 0.432. The number of methoxy groups -OCH3 is 1. The molecule has 0 amide bonds. The SMILES string of the molecule is COc1c(-n2ncc3ccc(N)cc32)nc[nH]c1=O. The van der Waals surface area contributed by atoms with E-state index in [0.29, 0.717) is 11.5 Å². The van der Waals surface area contributed by atoms with Gasteiger partial charge in [-0.05, 0) is 18.2 Å². The second kappa shape index (κ2) is 4.13. The molecule has 19 heavy (non-hydrogen) atoms. The summed E-state index contributed by atoms with van der Waals surface area (Å²) in [6.45, 7) is 0. The number of benzene rings is 1. The van der Waals surface area contributed by atoms with Crippen molar-refractivity contribution in [3.05, 3.63) is 41.1 Å². The zero-order valence-corrected chi connectivity index (χ0v) is 10.1. The van der Waals surface area contributed by atoms with Crippen molar-refractivity contribution in [1.82, 2.24) is 19.7 Å². The molecule has 3 N–H and O–H groups in total. The number of aromatic amines is 1. The van der Waals surface area contributed by atoms with Crippen LogP contribution in [0.15, 0.2) is 35.5 Å². The van der Waals surface area contributed by atoms with Crippen LogP contribution >= 0.6 is 0 Å². The van der Waals surface area contributed by atoms with E-state index in [1.165, 1.54) is 18.1 Å². The summed E-state index contributed by atoms with van der Waals surface area (Å²) in [5, 5.41) is 5.12. The van der Waals surface area contributed by atoms with Crippen molar-refractivity contribution in [2.75, 3.05) is 12.8 Å². The van der Waals surface area contributed by atoms with E-state index in [2.05, 4.69) is 15.1 Å². The minimum atomic E-state index is -0.361. The van der Waals surface area contributed by atoms with Crippen LogP contribution in [0.3, 0.4) is 0 Å². The molecule has 1 aromatic carbocycles. The molecule has 3 aromatic rings. The Bertz CT molecular complexity index is 805. The molecule has 2 heterocycles. The molecule has 0 saturated carbocycles. The summed E-state index contributed by atoms with van der Waals surface area (Å²) in [4.78, 5) is 18.2. The summed E-state index contributed by atoms with van der Waals surface area (Å²) in [6.07, 6.45) is 2.98. The van der Waals surface area contributed by atoms with Crippen LogP contribution in [-0.4, -0.2) is 26.9 Å². The number of hydrogen-bond acceptors (Lipinski definition) is 5. The van der Waals surface area contributed by atoms with E-state index in [4.69, 9.17) is 10.5 Å². The zero-order valence-electron chi connectivity index (χ0n) is 10.1. The lowest BCUT2D eigenvalue weighted by molar-refractivity contribution is 0.402. The molecule has 0 radical (unpaired) electrons. The average molecular weight is 257 g/mol. The molecular formula is C12H11N5O2. The Kier molecular flexibility index (Phi) is 2.45. The Hall–Kier alpha value is -2.83. The molecule has 0 bridgehead atoms. The van der Waals surface area contributed by atoms with Crippen molar-refractivity contribution < 1.29 is 4.74 Å². The summed E-state index contributed by atoms with van der Waals surface area (Å²) in [5.41, 5.74) is 6.78. The molecule has 7 nitrogen and oxygen atoms in total. The van der Waals surface area contributed by atoms with Crippen LogP contribution in [0.25, 0.3) is 16.7 Å². The van der Waals surface area contributed by atoms with Gasteiger partial charge in [-0.2, -0.15) is 5.10 Å². The number of aromatic nitrogens is 4. The molecule has 0 aliphatic carbocycles. The standard InChI is InChI=1S/C12H11N5O2/c1-19-10-11(14-6-15-12(10)18)17-9-4-8(13)3-2-7(9)5-16-17/h2-6H,13H2,1H3,(H,14,15,18). The molecule has 0 fully saturated rings. The van der Waals surface area contributed by atoms with Gasteiger partial charge in [0.1, 0.15) is 0 Å². The summed E-state index contributed by atoms with van der Waals surface area (Å²) >= 11 is 0. The van der Waals surface area contributed by atoms with Crippen LogP contribution in [0.4, 0.5) is 5.69 Å². The molecule has 2 aromatic heterocycles. The molecule has 7 heteroatoms. The molecule has 0 atom stereocenters. The largest absolute Gasteiger partial charge is 0.488 e. The maximum atomic E-state index is 11.7. The fourth-order valence-electron chi connectivity index (χ4n) is 1.92. The van der Waals surface area contributed by atoms with Gasteiger partial charge < -0.3 is 15.5 Å². The Labute approximate surface area is 107 Å². The summed E-state index contributed by atoms with van der Waals surface area (Å²) in [7, 11) is 1.41. The van der Waals surface area contributed by atoms with Crippen LogP contribution < -0.4 is 16.0 Å². The maximum absolute atomic E-state index is 11.7. The molecule has 0 saturated heterocycles. The van der Waals surface area contributed by atoms with Crippen LogP contribution in [-0.2, 0) is 0 Å². The van der Waals surface area contributed by atoms with Gasteiger partial charge in [0.25, 0.3) is 5.56 Å². The highest BCUT2D eigenvalue weighted by Crippen LogP contribution is 2.22. The van der Waals surface area contributed by atoms with E-state index in [0.717, 1.165) is 10.9 Å². The number of nitrogens with one attached hydrogen (secondary N) is 1. The van der Waals surface area contributed by atoms with Crippen LogP contribution in [0.5, 0.6) is 5.75 Å². The van der Waals surface area contributed by atoms with E-state index in [9.17, 15) is 4.79 Å². The highest BCUT2D eigenvalue weighted by molar-refractivity contribution is 5.83. The molecule has 0 aliphatic heterocycles. The number of H-pyrrole nitrogens is 1. The lowest BCUT2D eigenvalue weighted by atomic mass is 10.2. The number of hydrogen-bond donors (Lipinski definition) is 2. The van der Waals surface area contributed by atoms with E-state index in [1.807, 2.05) is 6.07 Å². The topological polar surface area (TPSA) is 98.8 Å². The van der Waals surface area contributed by atoms with Gasteiger partial charge in [-0.3, -0.25) is 4.79 Å². The van der Waals surface area contributed by atoms with E-state index in [-0.39, 0.29) is 11.3 Å². The van der Waals surface area contributed by atoms with Gasteiger partial charge in [-0.1, -0.05) is 0 Å². The first-order chi connectivity index (χ1) is 9.20. The Morgan fingerprint density at radius 1 is 1.42 bits per heavy atom. The Morgan fingerprint density at radius 2 is 2.26 bits per heavy atom. The minimum Gasteiger partial charge on any atom is -0.488 e. The molecule has 0 spiro atoms. The number of rotatable bonds is 2. The third kappa shape index (κ3) is 1.71. The van der Waals surface area contributed by atoms with Crippen molar-refractivity contribution in [2.24, 2.45) is 0 Å². The molecule has 0 unspecified atom stereocenters. The number of anilines is 1. The molecule has 0 aliphatic rings. The van der Waals surface area contributed by atoms with Gasteiger partial charge in [0, 0.05) is 11.1 Å². The number of nitrogen functional groups attached to an aromatic ring is 1. The third-order valence-corrected chi connectivity index (χ3v) is 2.79. The van der Waals surface area contributed by atoms with Gasteiger partial charge in [-0.15, -0.1) is 0 Å². The molecular weight excluding hydrogens is 246 g/mol. The lowest BCUT2D eigenvalue weighted by Crippen LogP contribution is -2.14. The van der Waals surface area contributed by atoms with Crippen molar-refractivity contribution in [3.8, 4) is 11.6 Å². The van der Waals surface area contributed by atoms with E-state index in [1.54, 1.807) is 18.3 Å². The van der Waals surface area contributed by atoms with Crippen LogP contribution in [0.2, 0.25) is 0 Å². The fraction of sp³-hybridized carbons (Fsp3) is 0.0833. The first kappa shape index (κ1) is 11.3. The van der Waals surface area contributed by atoms with Crippen molar-refractivity contribution in [2.45, 2.75) is 0 Å². The zero-order chi connectivity index (χ0) is 13.4. The molecule has 3 rings (SSSR count). The van der Waals surface area contributed by atoms with E-state index < -0.39 is 0 Å². The molecule has 96 valence electrons. The van der Waals surface area contributed by atoms with Crippen LogP contribution in [0, 0.1) is 0 Å². The second-order valence-corrected chi connectivity index (χ2v) is 3.96. The van der Waals surface area contributed by atoms with Gasteiger partial charge in [0.2, 0.25) is 11.6 Å². The first-order valence-electron chi connectivity index (χ1n) is 5.56. The smallest absolute Gasteiger partial charge is 0.295 e. The van der Waals surface area contributed by atoms with Crippen molar-refractivity contribution in [1.29, 1.82) is 0 Å². The normalized spacial score (nSPS) is 10.8. The number of fused-ring (bicyclic) bond motifs is 1. The highest BCUT2D eigenvalue weighted by atomic mass is 16.5. The van der Waals surface area contributed by atoms with Gasteiger partial charge in [0.05, 0.1) is 25.2 Å². The van der Waals surface area contributed by atoms with Gasteiger partial charge in [-0.25, -0.2) is 9.67 Å². The van der Waals surface area contributed by atoms with Gasteiger partial charge in [0.15, 0.2) is 0 Å². The highest BCUT2D eigenvalue weighted by Gasteiger charge is 2.14. The predicted molar refractivity (Wildman–Crippen MR) is 70.5 cm³/mol. The number of nitrogens with zero attached hydrogens (tertiary/aromatic N) is 3. The second-order valence-electron chi connectivity index (χ2n) is 3.96. The predicted octanol–water partition coefficient (Wildman–Crippen LogP) is 0.700. The van der Waals surface area contributed by atoms with E-state index >= 15 is 0 Å². The lowest BCUT2D eigenvalue weighted by Gasteiger charge is -2.07. The quantitative estimate of drug-likeness (QED) is 0.658. The van der Waals surface area contributed by atoms with Crippen molar-refractivity contribution >= 4 is 16.6 Å². The number of nitrogens with two attached hydrogens (primary N) is 1. The summed E-state index contributed by atoms with van der Waals surface area (Å²) in [6, 6.07) is 5.41. The minimum absolute atomic E-state index is 0.106. The maximum Gasteiger partial charge on any atom is 0.295 e. The average Bonchev–Trinajstić information content (AvgIpc) is 2.81. The Morgan fingerprint density at radius 3 is 3.05 bits per heavy atom.